The van der Waals surface area contributed by atoms with E-state index in [1.807, 2.05) is 38.1 Å². The number of halogens is 1. The van der Waals surface area contributed by atoms with Gasteiger partial charge in [0.1, 0.15) is 5.60 Å². The van der Waals surface area contributed by atoms with E-state index in [4.69, 9.17) is 4.74 Å². The average molecular weight is 499 g/mol. The number of carbonyl (C=O) groups is 1. The van der Waals surface area contributed by atoms with E-state index in [-0.39, 0.29) is 17.7 Å². The molecule has 4 heterocycles. The summed E-state index contributed by atoms with van der Waals surface area (Å²) in [5.74, 6) is 0.825. The topological polar surface area (TPSA) is 61.8 Å². The van der Waals surface area contributed by atoms with E-state index in [2.05, 4.69) is 42.4 Å². The number of likely N-dealkylation sites (tertiary alicyclic amines) is 2. The van der Waals surface area contributed by atoms with Crippen molar-refractivity contribution in [2.75, 3.05) is 37.6 Å². The fourth-order valence-electron chi connectivity index (χ4n) is 4.51. The number of aromatic nitrogens is 2. The summed E-state index contributed by atoms with van der Waals surface area (Å²) < 4.78 is 6.72. The highest BCUT2D eigenvalue weighted by Gasteiger charge is 2.54. The third kappa shape index (κ3) is 4.08. The van der Waals surface area contributed by atoms with Crippen molar-refractivity contribution in [3.63, 3.8) is 0 Å². The SMILES string of the molecule is CC(C)(C)OC(=O)N1CCCCC1CN1CCC12CN(c1ncc(I)cn1)C2. The first-order chi connectivity index (χ1) is 13.3. The van der Waals surface area contributed by atoms with Crippen molar-refractivity contribution in [1.29, 1.82) is 0 Å². The Morgan fingerprint density at radius 1 is 1.25 bits per heavy atom. The molecule has 4 rings (SSSR count). The van der Waals surface area contributed by atoms with Gasteiger partial charge in [0.05, 0.1) is 5.54 Å². The van der Waals surface area contributed by atoms with E-state index in [1.165, 1.54) is 12.8 Å². The number of hydrogen-bond acceptors (Lipinski definition) is 6. The Hall–Kier alpha value is -1.16. The van der Waals surface area contributed by atoms with Crippen LogP contribution in [0.5, 0.6) is 0 Å². The fourth-order valence-corrected chi connectivity index (χ4v) is 4.79. The summed E-state index contributed by atoms with van der Waals surface area (Å²) >= 11 is 2.23. The summed E-state index contributed by atoms with van der Waals surface area (Å²) in [4.78, 5) is 28.4. The normalized spacial score (nSPS) is 24.6. The summed E-state index contributed by atoms with van der Waals surface area (Å²) in [7, 11) is 0. The lowest BCUT2D eigenvalue weighted by Crippen LogP contribution is -2.78. The molecule has 3 aliphatic heterocycles. The molecule has 0 saturated carbocycles. The van der Waals surface area contributed by atoms with Gasteiger partial charge in [-0.05, 0) is 69.0 Å². The van der Waals surface area contributed by atoms with Gasteiger partial charge in [0.15, 0.2) is 0 Å². The lowest BCUT2D eigenvalue weighted by atomic mass is 9.77. The van der Waals surface area contributed by atoms with Crippen LogP contribution in [0.4, 0.5) is 10.7 Å². The molecular weight excluding hydrogens is 469 g/mol. The molecule has 154 valence electrons. The van der Waals surface area contributed by atoms with Gasteiger partial charge < -0.3 is 14.5 Å². The Morgan fingerprint density at radius 3 is 2.57 bits per heavy atom. The van der Waals surface area contributed by atoms with Gasteiger partial charge in [-0.15, -0.1) is 0 Å². The molecular formula is C20H30IN5O2. The molecule has 28 heavy (non-hydrogen) atoms. The smallest absolute Gasteiger partial charge is 0.410 e. The number of anilines is 1. The predicted molar refractivity (Wildman–Crippen MR) is 116 cm³/mol. The second kappa shape index (κ2) is 7.59. The average Bonchev–Trinajstić information content (AvgIpc) is 2.58. The monoisotopic (exact) mass is 499 g/mol. The number of rotatable bonds is 3. The maximum absolute atomic E-state index is 12.7. The van der Waals surface area contributed by atoms with Crippen LogP contribution in [0.1, 0.15) is 46.5 Å². The first-order valence-corrected chi connectivity index (χ1v) is 11.3. The summed E-state index contributed by atoms with van der Waals surface area (Å²) in [6.45, 7) is 10.6. The van der Waals surface area contributed by atoms with Crippen LogP contribution in [0.2, 0.25) is 0 Å². The van der Waals surface area contributed by atoms with Crippen LogP contribution in [0, 0.1) is 3.57 Å². The second-order valence-electron chi connectivity index (χ2n) is 9.30. The molecule has 0 bridgehead atoms. The fraction of sp³-hybridized carbons (Fsp3) is 0.750. The molecule has 0 aromatic carbocycles. The van der Waals surface area contributed by atoms with Gasteiger partial charge in [-0.2, -0.15) is 0 Å². The highest BCUT2D eigenvalue weighted by atomic mass is 127. The zero-order chi connectivity index (χ0) is 19.9. The number of carbonyl (C=O) groups excluding carboxylic acids is 1. The Labute approximate surface area is 181 Å². The number of nitrogens with zero attached hydrogens (tertiary/aromatic N) is 5. The molecule has 7 nitrogen and oxygen atoms in total. The Morgan fingerprint density at radius 2 is 1.96 bits per heavy atom. The second-order valence-corrected chi connectivity index (χ2v) is 10.5. The maximum Gasteiger partial charge on any atom is 0.410 e. The van der Waals surface area contributed by atoms with Crippen LogP contribution in [0.25, 0.3) is 0 Å². The minimum Gasteiger partial charge on any atom is -0.444 e. The number of piperidine rings is 1. The van der Waals surface area contributed by atoms with E-state index in [0.29, 0.717) is 0 Å². The summed E-state index contributed by atoms with van der Waals surface area (Å²) in [5.41, 5.74) is -0.206. The predicted octanol–water partition coefficient (Wildman–Crippen LogP) is 3.14. The van der Waals surface area contributed by atoms with Crippen LogP contribution < -0.4 is 4.90 Å². The van der Waals surface area contributed by atoms with Crippen LogP contribution in [0.15, 0.2) is 12.4 Å². The molecule has 1 amide bonds. The Kier molecular flexibility index (Phi) is 5.45. The van der Waals surface area contributed by atoms with Crippen LogP contribution >= 0.6 is 22.6 Å². The standard InChI is InChI=1S/C20H30IN5O2/c1-19(2,3)28-18(27)26-8-5-4-6-16(26)12-25-9-7-20(25)13-24(14-20)17-22-10-15(21)11-23-17/h10-11,16H,4-9,12-14H2,1-3H3. The zero-order valence-electron chi connectivity index (χ0n) is 17.0. The van der Waals surface area contributed by atoms with Crippen LogP contribution in [-0.4, -0.2) is 75.8 Å². The number of hydrogen-bond donors (Lipinski definition) is 0. The van der Waals surface area contributed by atoms with Crippen LogP contribution in [-0.2, 0) is 4.74 Å². The van der Waals surface area contributed by atoms with Crippen molar-refractivity contribution in [3.8, 4) is 0 Å². The number of ether oxygens (including phenoxy) is 1. The first kappa shape index (κ1) is 20.1. The van der Waals surface area contributed by atoms with Crippen molar-refractivity contribution in [3.05, 3.63) is 16.0 Å². The van der Waals surface area contributed by atoms with Crippen molar-refractivity contribution in [2.45, 2.75) is 63.6 Å². The van der Waals surface area contributed by atoms with Crippen molar-refractivity contribution < 1.29 is 9.53 Å². The van der Waals surface area contributed by atoms with Crippen molar-refractivity contribution in [1.82, 2.24) is 19.8 Å². The highest BCUT2D eigenvalue weighted by molar-refractivity contribution is 14.1. The van der Waals surface area contributed by atoms with Gasteiger partial charge in [0, 0.05) is 54.7 Å². The van der Waals surface area contributed by atoms with Gasteiger partial charge in [0.25, 0.3) is 0 Å². The molecule has 1 unspecified atom stereocenters. The zero-order valence-corrected chi connectivity index (χ0v) is 19.2. The molecule has 8 heteroatoms. The van der Waals surface area contributed by atoms with E-state index < -0.39 is 5.60 Å². The van der Waals surface area contributed by atoms with E-state index >= 15 is 0 Å². The molecule has 1 atom stereocenters. The third-order valence-corrected chi connectivity index (χ3v) is 6.62. The van der Waals surface area contributed by atoms with Gasteiger partial charge in [-0.1, -0.05) is 0 Å². The minimum absolute atomic E-state index is 0.158. The first-order valence-electron chi connectivity index (χ1n) is 10.2. The molecule has 1 aromatic heterocycles. The number of amides is 1. The summed E-state index contributed by atoms with van der Waals surface area (Å²) in [5, 5.41) is 0. The molecule has 1 spiro atoms. The van der Waals surface area contributed by atoms with Gasteiger partial charge >= 0.3 is 6.09 Å². The molecule has 3 fully saturated rings. The van der Waals surface area contributed by atoms with E-state index in [9.17, 15) is 4.79 Å². The Balaban J connectivity index is 1.36. The highest BCUT2D eigenvalue weighted by Crippen LogP contribution is 2.41. The molecule has 1 aromatic rings. The van der Waals surface area contributed by atoms with E-state index in [0.717, 1.165) is 55.1 Å². The Bertz CT molecular complexity index is 714. The molecule has 0 radical (unpaired) electrons. The largest absolute Gasteiger partial charge is 0.444 e. The lowest BCUT2D eigenvalue weighted by Gasteiger charge is -2.63. The van der Waals surface area contributed by atoms with Gasteiger partial charge in [-0.3, -0.25) is 4.90 Å². The maximum atomic E-state index is 12.7. The third-order valence-electron chi connectivity index (χ3n) is 6.06. The molecule has 3 aliphatic rings. The lowest BCUT2D eigenvalue weighted by molar-refractivity contribution is -0.0605. The summed E-state index contributed by atoms with van der Waals surface area (Å²) in [6, 6.07) is 0.254. The van der Waals surface area contributed by atoms with Gasteiger partial charge in [-0.25, -0.2) is 14.8 Å². The molecule has 0 aliphatic carbocycles. The van der Waals surface area contributed by atoms with Crippen molar-refractivity contribution >= 4 is 34.6 Å². The van der Waals surface area contributed by atoms with Crippen molar-refractivity contribution in [2.24, 2.45) is 0 Å². The molecule has 0 N–H and O–H groups in total. The van der Waals surface area contributed by atoms with E-state index in [1.54, 1.807) is 0 Å². The summed E-state index contributed by atoms with van der Waals surface area (Å²) in [6.07, 6.45) is 8.12. The van der Waals surface area contributed by atoms with Crippen LogP contribution in [0.3, 0.4) is 0 Å². The van der Waals surface area contributed by atoms with Gasteiger partial charge in [0.2, 0.25) is 5.95 Å². The minimum atomic E-state index is -0.445. The molecule has 3 saturated heterocycles. The quantitative estimate of drug-likeness (QED) is 0.596.